The third kappa shape index (κ3) is 5.57. The Bertz CT molecular complexity index is 588. The lowest BCUT2D eigenvalue weighted by atomic mass is 10.0. The van der Waals surface area contributed by atoms with Crippen molar-refractivity contribution >= 4 is 5.91 Å². The van der Waals surface area contributed by atoms with Gasteiger partial charge in [-0.05, 0) is 42.5 Å². The third-order valence-electron chi connectivity index (χ3n) is 4.03. The predicted molar refractivity (Wildman–Crippen MR) is 91.2 cm³/mol. The first-order valence-corrected chi connectivity index (χ1v) is 8.28. The highest BCUT2D eigenvalue weighted by Gasteiger charge is 2.13. The van der Waals surface area contributed by atoms with Crippen molar-refractivity contribution in [2.45, 2.75) is 39.2 Å². The minimum atomic E-state index is 0.0576. The minimum absolute atomic E-state index is 0.0576. The molecule has 1 heterocycles. The molecule has 2 rings (SSSR count). The number of hydrogen-bond donors (Lipinski definition) is 2. The molecule has 0 aliphatic rings. The van der Waals surface area contributed by atoms with Crippen molar-refractivity contribution < 1.29 is 14.5 Å². The first-order chi connectivity index (χ1) is 11.1. The summed E-state index contributed by atoms with van der Waals surface area (Å²) in [6.45, 7) is 7.49. The molecular weight excluding hydrogens is 288 g/mol. The zero-order valence-electron chi connectivity index (χ0n) is 14.2. The number of nitrogens with two attached hydrogens (primary N) is 1. The Morgan fingerprint density at radius 3 is 2.52 bits per heavy atom. The predicted octanol–water partition coefficient (Wildman–Crippen LogP) is 2.39. The van der Waals surface area contributed by atoms with Crippen LogP contribution in [-0.4, -0.2) is 19.0 Å². The molecule has 124 valence electrons. The normalized spacial score (nSPS) is 12.3. The summed E-state index contributed by atoms with van der Waals surface area (Å²) in [7, 11) is 0. The summed E-state index contributed by atoms with van der Waals surface area (Å²) in [5.74, 6) is 1.50. The molecule has 0 fully saturated rings. The van der Waals surface area contributed by atoms with Crippen LogP contribution in [0.1, 0.15) is 49.6 Å². The van der Waals surface area contributed by atoms with Gasteiger partial charge in [-0.3, -0.25) is 4.79 Å². The minimum Gasteiger partial charge on any atom is -0.463 e. The molecule has 0 aliphatic carbocycles. The first kappa shape index (κ1) is 17.3. The van der Waals surface area contributed by atoms with E-state index in [0.29, 0.717) is 19.0 Å². The van der Waals surface area contributed by atoms with Crippen LogP contribution in [0, 0.1) is 0 Å². The lowest BCUT2D eigenvalue weighted by Gasteiger charge is -2.09. The van der Waals surface area contributed by atoms with Gasteiger partial charge in [-0.25, -0.2) is 0 Å². The Morgan fingerprint density at radius 1 is 1.17 bits per heavy atom. The van der Waals surface area contributed by atoms with Crippen molar-refractivity contribution in [1.29, 1.82) is 0 Å². The molecule has 1 amide bonds. The second-order valence-corrected chi connectivity index (χ2v) is 6.24. The molecule has 1 aromatic carbocycles. The molecule has 0 aliphatic heterocycles. The number of carbonyl (C=O) groups is 1. The maximum absolute atomic E-state index is 11.9. The van der Waals surface area contributed by atoms with Crippen LogP contribution in [-0.2, 0) is 11.2 Å². The molecule has 0 spiro atoms. The van der Waals surface area contributed by atoms with E-state index in [9.17, 15) is 4.79 Å². The van der Waals surface area contributed by atoms with E-state index in [1.807, 2.05) is 24.4 Å². The van der Waals surface area contributed by atoms with Crippen LogP contribution in [0.3, 0.4) is 0 Å². The van der Waals surface area contributed by atoms with Gasteiger partial charge in [0.1, 0.15) is 6.04 Å². The molecule has 0 radical (unpaired) electrons. The van der Waals surface area contributed by atoms with Crippen LogP contribution in [0.5, 0.6) is 0 Å². The van der Waals surface area contributed by atoms with Crippen LogP contribution in [0.4, 0.5) is 0 Å². The third-order valence-corrected chi connectivity index (χ3v) is 4.03. The number of quaternary nitrogens is 1. The Hall–Kier alpha value is -2.07. The van der Waals surface area contributed by atoms with Gasteiger partial charge in [0.25, 0.3) is 5.91 Å². The highest BCUT2D eigenvalue weighted by atomic mass is 16.3. The maximum atomic E-state index is 11.9. The molecule has 2 aromatic rings. The molecule has 4 heteroatoms. The summed E-state index contributed by atoms with van der Waals surface area (Å²) >= 11 is 0. The SMILES string of the molecule is CC(C)c1ccc(CCNC(=O)C[NH2+][C@H](C)c2ccco2)cc1. The van der Waals surface area contributed by atoms with Crippen LogP contribution in [0.15, 0.2) is 47.1 Å². The smallest absolute Gasteiger partial charge is 0.275 e. The highest BCUT2D eigenvalue weighted by Crippen LogP contribution is 2.14. The number of nitrogens with one attached hydrogen (secondary N) is 1. The summed E-state index contributed by atoms with van der Waals surface area (Å²) in [6.07, 6.45) is 2.52. The van der Waals surface area contributed by atoms with Gasteiger partial charge in [0.2, 0.25) is 0 Å². The summed E-state index contributed by atoms with van der Waals surface area (Å²) < 4.78 is 5.33. The van der Waals surface area contributed by atoms with Crippen molar-refractivity contribution in [2.24, 2.45) is 0 Å². The van der Waals surface area contributed by atoms with Crippen molar-refractivity contribution in [2.75, 3.05) is 13.1 Å². The first-order valence-electron chi connectivity index (χ1n) is 8.28. The average molecular weight is 315 g/mol. The number of furan rings is 1. The zero-order chi connectivity index (χ0) is 16.7. The number of rotatable bonds is 8. The molecule has 0 saturated carbocycles. The standard InChI is InChI=1S/C19H26N2O2/c1-14(2)17-8-6-16(7-9-17)10-11-20-19(22)13-21-15(3)18-5-4-12-23-18/h4-9,12,14-15,21H,10-11,13H2,1-3H3,(H,20,22)/p+1/t15-/m1/s1. The average Bonchev–Trinajstić information content (AvgIpc) is 3.07. The van der Waals surface area contributed by atoms with Gasteiger partial charge < -0.3 is 15.1 Å². The number of carbonyl (C=O) groups excluding carboxylic acids is 1. The molecular formula is C19H27N2O2+. The van der Waals surface area contributed by atoms with E-state index in [4.69, 9.17) is 4.42 Å². The van der Waals surface area contributed by atoms with E-state index in [0.717, 1.165) is 12.2 Å². The zero-order valence-corrected chi connectivity index (χ0v) is 14.2. The molecule has 4 nitrogen and oxygen atoms in total. The Kier molecular flexibility index (Phi) is 6.41. The lowest BCUT2D eigenvalue weighted by Crippen LogP contribution is -2.87. The fraction of sp³-hybridized carbons (Fsp3) is 0.421. The molecule has 1 aromatic heterocycles. The molecule has 0 unspecified atom stereocenters. The van der Waals surface area contributed by atoms with E-state index in [1.54, 1.807) is 6.26 Å². The molecule has 3 N–H and O–H groups in total. The van der Waals surface area contributed by atoms with Crippen molar-refractivity contribution in [3.8, 4) is 0 Å². The summed E-state index contributed by atoms with van der Waals surface area (Å²) in [5.41, 5.74) is 2.60. The largest absolute Gasteiger partial charge is 0.463 e. The van der Waals surface area contributed by atoms with E-state index in [1.165, 1.54) is 11.1 Å². The summed E-state index contributed by atoms with van der Waals surface area (Å²) in [5, 5.41) is 4.95. The van der Waals surface area contributed by atoms with E-state index in [-0.39, 0.29) is 11.9 Å². The molecule has 1 atom stereocenters. The van der Waals surface area contributed by atoms with Crippen molar-refractivity contribution in [1.82, 2.24) is 5.32 Å². The van der Waals surface area contributed by atoms with Crippen molar-refractivity contribution in [3.63, 3.8) is 0 Å². The van der Waals surface area contributed by atoms with Crippen LogP contribution in [0.25, 0.3) is 0 Å². The Morgan fingerprint density at radius 2 is 1.91 bits per heavy atom. The fourth-order valence-electron chi connectivity index (χ4n) is 2.44. The second-order valence-electron chi connectivity index (χ2n) is 6.24. The molecule has 23 heavy (non-hydrogen) atoms. The van der Waals surface area contributed by atoms with Crippen LogP contribution < -0.4 is 10.6 Å². The molecule has 0 saturated heterocycles. The fourth-order valence-corrected chi connectivity index (χ4v) is 2.44. The van der Waals surface area contributed by atoms with E-state index < -0.39 is 0 Å². The Balaban J connectivity index is 1.66. The maximum Gasteiger partial charge on any atom is 0.275 e. The van der Waals surface area contributed by atoms with Crippen LogP contribution in [0.2, 0.25) is 0 Å². The van der Waals surface area contributed by atoms with Gasteiger partial charge in [0.05, 0.1) is 6.26 Å². The second kappa shape index (κ2) is 8.53. The van der Waals surface area contributed by atoms with E-state index in [2.05, 4.69) is 43.4 Å². The van der Waals surface area contributed by atoms with Gasteiger partial charge in [0.15, 0.2) is 12.3 Å². The van der Waals surface area contributed by atoms with Gasteiger partial charge in [0, 0.05) is 6.54 Å². The van der Waals surface area contributed by atoms with Gasteiger partial charge in [-0.1, -0.05) is 38.1 Å². The topological polar surface area (TPSA) is 58.9 Å². The van der Waals surface area contributed by atoms with Gasteiger partial charge in [-0.2, -0.15) is 0 Å². The highest BCUT2D eigenvalue weighted by molar-refractivity contribution is 5.76. The molecule has 0 bridgehead atoms. The number of hydrogen-bond acceptors (Lipinski definition) is 2. The van der Waals surface area contributed by atoms with Crippen LogP contribution >= 0.6 is 0 Å². The summed E-state index contributed by atoms with van der Waals surface area (Å²) in [6, 6.07) is 12.6. The lowest BCUT2D eigenvalue weighted by molar-refractivity contribution is -0.684. The number of amides is 1. The number of benzene rings is 1. The Labute approximate surface area is 138 Å². The van der Waals surface area contributed by atoms with Gasteiger partial charge in [-0.15, -0.1) is 0 Å². The monoisotopic (exact) mass is 315 g/mol. The van der Waals surface area contributed by atoms with Gasteiger partial charge >= 0.3 is 0 Å². The quantitative estimate of drug-likeness (QED) is 0.786. The van der Waals surface area contributed by atoms with Crippen molar-refractivity contribution in [3.05, 3.63) is 59.5 Å². The van der Waals surface area contributed by atoms with E-state index >= 15 is 0 Å². The summed E-state index contributed by atoms with van der Waals surface area (Å²) in [4.78, 5) is 11.9.